The number of primary sulfonamides is 1. The lowest BCUT2D eigenvalue weighted by Gasteiger charge is -2.19. The number of pyridine rings is 1. The summed E-state index contributed by atoms with van der Waals surface area (Å²) >= 11 is 0. The van der Waals surface area contributed by atoms with Crippen molar-refractivity contribution >= 4 is 15.8 Å². The molecule has 0 saturated heterocycles. The van der Waals surface area contributed by atoms with Gasteiger partial charge in [0.1, 0.15) is 10.7 Å². The van der Waals surface area contributed by atoms with Gasteiger partial charge in [0.25, 0.3) is 0 Å². The maximum atomic E-state index is 11.1. The molecule has 6 nitrogen and oxygen atoms in total. The second-order valence-corrected chi connectivity index (χ2v) is 6.16. The molecule has 1 heterocycles. The Bertz CT molecular complexity index is 500. The standard InChI is InChI=1S/C11H18N4O2S/c12-6-8-2-1-3-10(8)15-11-5-4-9(7-14-11)18(13,16)17/h4-5,7-8,10H,1-3,6,12H2,(H,14,15)(H2,13,16,17). The van der Waals surface area contributed by atoms with Crippen LogP contribution in [-0.2, 0) is 10.0 Å². The van der Waals surface area contributed by atoms with Crippen LogP contribution >= 0.6 is 0 Å². The lowest BCUT2D eigenvalue weighted by atomic mass is 10.0. The van der Waals surface area contributed by atoms with Crippen LogP contribution in [-0.4, -0.2) is 26.0 Å². The van der Waals surface area contributed by atoms with Crippen molar-refractivity contribution in [1.29, 1.82) is 0 Å². The molecule has 2 rings (SSSR count). The Hall–Kier alpha value is -1.18. The van der Waals surface area contributed by atoms with Gasteiger partial charge in [-0.2, -0.15) is 0 Å². The second-order valence-electron chi connectivity index (χ2n) is 4.60. The molecular formula is C11H18N4O2S. The first-order chi connectivity index (χ1) is 8.50. The minimum atomic E-state index is -3.67. The van der Waals surface area contributed by atoms with Gasteiger partial charge in [0.05, 0.1) is 0 Å². The van der Waals surface area contributed by atoms with Crippen LogP contribution in [0.3, 0.4) is 0 Å². The van der Waals surface area contributed by atoms with Crippen LogP contribution in [0, 0.1) is 5.92 Å². The summed E-state index contributed by atoms with van der Waals surface area (Å²) in [4.78, 5) is 4.09. The van der Waals surface area contributed by atoms with E-state index in [1.54, 1.807) is 6.07 Å². The first kappa shape index (κ1) is 13.3. The van der Waals surface area contributed by atoms with Gasteiger partial charge in [0.2, 0.25) is 10.0 Å². The molecule has 1 aliphatic rings. The fourth-order valence-corrected chi connectivity index (χ4v) is 2.79. The Kier molecular flexibility index (Phi) is 3.84. The van der Waals surface area contributed by atoms with Crippen molar-refractivity contribution in [1.82, 2.24) is 4.98 Å². The summed E-state index contributed by atoms with van der Waals surface area (Å²) in [6.45, 7) is 0.660. The molecule has 2 unspecified atom stereocenters. The SMILES string of the molecule is NCC1CCCC1Nc1ccc(S(N)(=O)=O)cn1. The van der Waals surface area contributed by atoms with Crippen LogP contribution in [0.4, 0.5) is 5.82 Å². The Morgan fingerprint density at radius 2 is 2.17 bits per heavy atom. The third-order valence-corrected chi connectivity index (χ3v) is 4.26. The topological polar surface area (TPSA) is 111 Å². The molecule has 0 amide bonds. The van der Waals surface area contributed by atoms with Gasteiger partial charge in [-0.3, -0.25) is 0 Å². The van der Waals surface area contributed by atoms with Crippen LogP contribution < -0.4 is 16.2 Å². The molecule has 0 bridgehead atoms. The number of nitrogens with zero attached hydrogens (tertiary/aromatic N) is 1. The van der Waals surface area contributed by atoms with E-state index in [1.165, 1.54) is 12.3 Å². The molecule has 0 radical (unpaired) electrons. The maximum absolute atomic E-state index is 11.1. The van der Waals surface area contributed by atoms with E-state index in [9.17, 15) is 8.42 Å². The molecule has 1 aromatic rings. The average molecular weight is 270 g/mol. The Morgan fingerprint density at radius 1 is 1.39 bits per heavy atom. The van der Waals surface area contributed by atoms with E-state index < -0.39 is 10.0 Å². The van der Waals surface area contributed by atoms with Crippen LogP contribution in [0.15, 0.2) is 23.2 Å². The Balaban J connectivity index is 2.07. The van der Waals surface area contributed by atoms with Gasteiger partial charge in [-0.15, -0.1) is 0 Å². The third kappa shape index (κ3) is 2.98. The van der Waals surface area contributed by atoms with E-state index in [4.69, 9.17) is 10.9 Å². The molecule has 18 heavy (non-hydrogen) atoms. The van der Waals surface area contributed by atoms with Gasteiger partial charge in [-0.1, -0.05) is 6.42 Å². The molecule has 7 heteroatoms. The fraction of sp³-hybridized carbons (Fsp3) is 0.545. The van der Waals surface area contributed by atoms with Crippen LogP contribution in [0.1, 0.15) is 19.3 Å². The average Bonchev–Trinajstić information content (AvgIpc) is 2.76. The second kappa shape index (κ2) is 5.21. The van der Waals surface area contributed by atoms with Crippen molar-refractivity contribution in [3.8, 4) is 0 Å². The summed E-state index contributed by atoms with van der Waals surface area (Å²) in [5, 5.41) is 8.30. The number of aromatic nitrogens is 1. The molecule has 1 fully saturated rings. The molecule has 5 N–H and O–H groups in total. The normalized spacial score (nSPS) is 24.1. The summed E-state index contributed by atoms with van der Waals surface area (Å²) in [5.74, 6) is 1.12. The van der Waals surface area contributed by atoms with Crippen molar-refractivity contribution in [2.75, 3.05) is 11.9 Å². The highest BCUT2D eigenvalue weighted by atomic mass is 32.2. The zero-order valence-corrected chi connectivity index (χ0v) is 10.9. The molecule has 0 spiro atoms. The van der Waals surface area contributed by atoms with Crippen LogP contribution in [0.5, 0.6) is 0 Å². The molecule has 1 aliphatic carbocycles. The zero-order valence-electron chi connectivity index (χ0n) is 10.0. The van der Waals surface area contributed by atoms with E-state index in [0.717, 1.165) is 19.3 Å². The minimum Gasteiger partial charge on any atom is -0.367 e. The van der Waals surface area contributed by atoms with E-state index in [2.05, 4.69) is 10.3 Å². The first-order valence-electron chi connectivity index (χ1n) is 5.96. The van der Waals surface area contributed by atoms with Gasteiger partial charge in [-0.25, -0.2) is 18.5 Å². The maximum Gasteiger partial charge on any atom is 0.239 e. The summed E-state index contributed by atoms with van der Waals surface area (Å²) in [6.07, 6.45) is 4.63. The Morgan fingerprint density at radius 3 is 2.72 bits per heavy atom. The number of hydrogen-bond acceptors (Lipinski definition) is 5. The fourth-order valence-electron chi connectivity index (χ4n) is 2.33. The van der Waals surface area contributed by atoms with E-state index in [1.807, 2.05) is 0 Å². The van der Waals surface area contributed by atoms with Crippen molar-refractivity contribution in [3.63, 3.8) is 0 Å². The summed E-state index contributed by atoms with van der Waals surface area (Å²) in [5.41, 5.74) is 5.70. The molecule has 2 atom stereocenters. The molecular weight excluding hydrogens is 252 g/mol. The van der Waals surface area contributed by atoms with Crippen molar-refractivity contribution in [3.05, 3.63) is 18.3 Å². The number of rotatable bonds is 4. The van der Waals surface area contributed by atoms with Crippen LogP contribution in [0.2, 0.25) is 0 Å². The predicted molar refractivity (Wildman–Crippen MR) is 69.4 cm³/mol. The van der Waals surface area contributed by atoms with Gasteiger partial charge in [0.15, 0.2) is 0 Å². The number of hydrogen-bond donors (Lipinski definition) is 3. The summed E-state index contributed by atoms with van der Waals surface area (Å²) < 4.78 is 22.2. The van der Waals surface area contributed by atoms with Crippen LogP contribution in [0.25, 0.3) is 0 Å². The van der Waals surface area contributed by atoms with E-state index >= 15 is 0 Å². The van der Waals surface area contributed by atoms with Crippen molar-refractivity contribution < 1.29 is 8.42 Å². The lowest BCUT2D eigenvalue weighted by Crippen LogP contribution is -2.29. The van der Waals surface area contributed by atoms with E-state index in [-0.39, 0.29) is 4.90 Å². The Labute approximate surface area is 107 Å². The largest absolute Gasteiger partial charge is 0.367 e. The highest BCUT2D eigenvalue weighted by Crippen LogP contribution is 2.27. The number of sulfonamides is 1. The molecule has 100 valence electrons. The lowest BCUT2D eigenvalue weighted by molar-refractivity contribution is 0.515. The van der Waals surface area contributed by atoms with Gasteiger partial charge in [-0.05, 0) is 37.4 Å². The van der Waals surface area contributed by atoms with Crippen molar-refractivity contribution in [2.24, 2.45) is 16.8 Å². The highest BCUT2D eigenvalue weighted by Gasteiger charge is 2.26. The van der Waals surface area contributed by atoms with E-state index in [0.29, 0.717) is 24.3 Å². The third-order valence-electron chi connectivity index (χ3n) is 3.36. The number of anilines is 1. The monoisotopic (exact) mass is 270 g/mol. The number of nitrogens with one attached hydrogen (secondary N) is 1. The molecule has 0 aliphatic heterocycles. The van der Waals surface area contributed by atoms with Gasteiger partial charge in [0, 0.05) is 12.2 Å². The predicted octanol–water partition coefficient (Wildman–Crippen LogP) is 0.268. The highest BCUT2D eigenvalue weighted by molar-refractivity contribution is 7.89. The summed E-state index contributed by atoms with van der Waals surface area (Å²) in [7, 11) is -3.67. The smallest absolute Gasteiger partial charge is 0.239 e. The van der Waals surface area contributed by atoms with Gasteiger partial charge < -0.3 is 11.1 Å². The quantitative estimate of drug-likeness (QED) is 0.727. The van der Waals surface area contributed by atoms with Gasteiger partial charge >= 0.3 is 0 Å². The minimum absolute atomic E-state index is 0.0230. The number of nitrogens with two attached hydrogens (primary N) is 2. The molecule has 0 aromatic carbocycles. The zero-order chi connectivity index (χ0) is 13.2. The molecule has 1 aromatic heterocycles. The van der Waals surface area contributed by atoms with Crippen molar-refractivity contribution in [2.45, 2.75) is 30.2 Å². The first-order valence-corrected chi connectivity index (χ1v) is 7.51. The summed E-state index contributed by atoms with van der Waals surface area (Å²) in [6, 6.07) is 3.41. The molecule has 1 saturated carbocycles.